The highest BCUT2D eigenvalue weighted by Crippen LogP contribution is 2.42. The molecule has 212 valence electrons. The summed E-state index contributed by atoms with van der Waals surface area (Å²) in [6.45, 7) is 0.511. The molecule has 7 rings (SSSR count). The quantitative estimate of drug-likeness (QED) is 0.466. The van der Waals surface area contributed by atoms with Crippen molar-refractivity contribution < 1.29 is 31.9 Å². The summed E-state index contributed by atoms with van der Waals surface area (Å²) < 4.78 is 62.7. The van der Waals surface area contributed by atoms with E-state index in [-0.39, 0.29) is 78.1 Å². The van der Waals surface area contributed by atoms with Gasteiger partial charge in [-0.2, -0.15) is 18.4 Å². The lowest BCUT2D eigenvalue weighted by molar-refractivity contribution is -0.171. The topological polar surface area (TPSA) is 119 Å². The smallest absolute Gasteiger partial charge is 0.371 e. The number of piperidine rings is 1. The zero-order valence-corrected chi connectivity index (χ0v) is 21.4. The van der Waals surface area contributed by atoms with Crippen LogP contribution in [0.5, 0.6) is 0 Å². The second kappa shape index (κ2) is 9.88. The Morgan fingerprint density at radius 1 is 1.10 bits per heavy atom. The van der Waals surface area contributed by atoms with Crippen LogP contribution in [-0.4, -0.2) is 66.1 Å². The number of para-hydroxylation sites is 1. The standard InChI is InChI=1S/C28H23F4N5O4/c29-22-3-1-2-18-19(9-23(38)35-24(18)22)26(39)34-15-4-5-36(11-15)25-20(6-14(10-33)7-21(25)28(30,31)32)27(40)37-12-16-8-17(13-37)41-16/h1-3,6-7,9,15-17H,4-5,8,11-13H2,(H,34,39)(H,35,38)/t15-,16?,17?/m1/s1. The molecule has 9 nitrogen and oxygen atoms in total. The van der Waals surface area contributed by atoms with E-state index in [2.05, 4.69) is 10.3 Å². The molecule has 13 heteroatoms. The molecule has 2 N–H and O–H groups in total. The number of nitrogens with one attached hydrogen (secondary N) is 2. The number of amides is 2. The average Bonchev–Trinajstić information content (AvgIpc) is 3.39. The molecular formula is C28H23F4N5O4. The minimum Gasteiger partial charge on any atom is -0.371 e. The summed E-state index contributed by atoms with van der Waals surface area (Å²) >= 11 is 0. The zero-order valence-electron chi connectivity index (χ0n) is 21.4. The van der Waals surface area contributed by atoms with Crippen LogP contribution in [0.1, 0.15) is 44.7 Å². The molecule has 2 amide bonds. The number of pyridine rings is 1. The van der Waals surface area contributed by atoms with Crippen LogP contribution < -0.4 is 15.8 Å². The fourth-order valence-electron chi connectivity index (χ4n) is 5.89. The molecule has 0 saturated carbocycles. The minimum atomic E-state index is -4.86. The molecule has 5 heterocycles. The fraction of sp³-hybridized carbons (Fsp3) is 0.357. The molecule has 3 atom stereocenters. The number of ether oxygens (including phenoxy) is 1. The van der Waals surface area contributed by atoms with Crippen molar-refractivity contribution in [3.8, 4) is 6.07 Å². The van der Waals surface area contributed by atoms with Crippen LogP contribution in [0.3, 0.4) is 0 Å². The van der Waals surface area contributed by atoms with Gasteiger partial charge < -0.3 is 24.8 Å². The largest absolute Gasteiger partial charge is 0.418 e. The molecule has 0 radical (unpaired) electrons. The first-order chi connectivity index (χ1) is 19.5. The molecule has 0 spiro atoms. The number of benzene rings is 2. The summed E-state index contributed by atoms with van der Waals surface area (Å²) in [6, 6.07) is 8.04. The summed E-state index contributed by atoms with van der Waals surface area (Å²) in [5, 5.41) is 12.4. The van der Waals surface area contributed by atoms with Crippen LogP contribution in [0.2, 0.25) is 0 Å². The number of fused-ring (bicyclic) bond motifs is 3. The summed E-state index contributed by atoms with van der Waals surface area (Å²) in [6.07, 6.45) is -4.16. The Balaban J connectivity index is 1.31. The van der Waals surface area contributed by atoms with E-state index in [1.165, 1.54) is 28.0 Å². The lowest BCUT2D eigenvalue weighted by Gasteiger charge is -2.47. The first-order valence-corrected chi connectivity index (χ1v) is 13.0. The Labute approximate surface area is 230 Å². The molecule has 0 aliphatic carbocycles. The Bertz CT molecular complexity index is 1660. The number of H-pyrrole nitrogens is 1. The van der Waals surface area contributed by atoms with Crippen molar-refractivity contribution in [2.75, 3.05) is 31.1 Å². The van der Waals surface area contributed by atoms with Crippen molar-refractivity contribution >= 4 is 28.4 Å². The van der Waals surface area contributed by atoms with Crippen LogP contribution in [0.15, 0.2) is 41.2 Å². The number of morpholine rings is 1. The number of alkyl halides is 3. The highest BCUT2D eigenvalue weighted by Gasteiger charge is 2.44. The maximum Gasteiger partial charge on any atom is 0.418 e. The van der Waals surface area contributed by atoms with Gasteiger partial charge in [-0.1, -0.05) is 12.1 Å². The predicted molar refractivity (Wildman–Crippen MR) is 138 cm³/mol. The number of nitrogens with zero attached hydrogens (tertiary/aromatic N) is 3. The molecule has 4 fully saturated rings. The van der Waals surface area contributed by atoms with E-state index < -0.39 is 41.0 Å². The highest BCUT2D eigenvalue weighted by molar-refractivity contribution is 6.06. The first kappa shape index (κ1) is 26.8. The molecule has 2 unspecified atom stereocenters. The van der Waals surface area contributed by atoms with Crippen LogP contribution in [0, 0.1) is 17.1 Å². The minimum absolute atomic E-state index is 0.0646. The average molecular weight is 570 g/mol. The van der Waals surface area contributed by atoms with Crippen molar-refractivity contribution in [3.63, 3.8) is 0 Å². The number of rotatable bonds is 4. The molecule has 4 saturated heterocycles. The third kappa shape index (κ3) is 4.88. The Morgan fingerprint density at radius 2 is 1.83 bits per heavy atom. The lowest BCUT2D eigenvalue weighted by Crippen LogP contribution is -2.58. The van der Waals surface area contributed by atoms with E-state index in [9.17, 15) is 37.2 Å². The van der Waals surface area contributed by atoms with Crippen molar-refractivity contribution in [1.82, 2.24) is 15.2 Å². The van der Waals surface area contributed by atoms with Crippen molar-refractivity contribution in [1.29, 1.82) is 5.26 Å². The Kier molecular flexibility index (Phi) is 6.45. The van der Waals surface area contributed by atoms with Crippen LogP contribution in [0.25, 0.3) is 10.9 Å². The molecule has 4 aliphatic heterocycles. The number of nitriles is 1. The van der Waals surface area contributed by atoms with E-state index >= 15 is 0 Å². The van der Waals surface area contributed by atoms with Gasteiger partial charge in [-0.15, -0.1) is 0 Å². The molecule has 2 aromatic carbocycles. The number of hydrogen-bond donors (Lipinski definition) is 2. The number of halogens is 4. The van der Waals surface area contributed by atoms with Crippen LogP contribution >= 0.6 is 0 Å². The summed E-state index contributed by atoms with van der Waals surface area (Å²) in [7, 11) is 0. The molecular weight excluding hydrogens is 546 g/mol. The Morgan fingerprint density at radius 3 is 2.51 bits per heavy atom. The summed E-state index contributed by atoms with van der Waals surface area (Å²) in [5.41, 5.74) is -2.87. The molecule has 3 aromatic rings. The van der Waals surface area contributed by atoms with Gasteiger partial charge in [0.15, 0.2) is 0 Å². The summed E-state index contributed by atoms with van der Waals surface area (Å²) in [4.78, 5) is 44.0. The molecule has 4 aliphatic rings. The van der Waals surface area contributed by atoms with Gasteiger partial charge in [0.25, 0.3) is 11.8 Å². The second-order valence-corrected chi connectivity index (χ2v) is 10.5. The molecule has 1 aromatic heterocycles. The predicted octanol–water partition coefficient (Wildman–Crippen LogP) is 3.18. The van der Waals surface area contributed by atoms with Gasteiger partial charge in [0.05, 0.1) is 51.7 Å². The Hall–Kier alpha value is -4.44. The van der Waals surface area contributed by atoms with E-state index in [0.29, 0.717) is 0 Å². The van der Waals surface area contributed by atoms with Gasteiger partial charge in [-0.3, -0.25) is 14.4 Å². The van der Waals surface area contributed by atoms with Gasteiger partial charge >= 0.3 is 6.18 Å². The van der Waals surface area contributed by atoms with E-state index in [1.807, 2.05) is 0 Å². The fourth-order valence-corrected chi connectivity index (χ4v) is 5.89. The van der Waals surface area contributed by atoms with Gasteiger partial charge in [-0.05, 0) is 24.6 Å². The number of aromatic amines is 1. The van der Waals surface area contributed by atoms with Gasteiger partial charge in [0.2, 0.25) is 5.56 Å². The van der Waals surface area contributed by atoms with Crippen molar-refractivity contribution in [2.24, 2.45) is 0 Å². The number of anilines is 1. The second-order valence-electron chi connectivity index (χ2n) is 10.5. The third-order valence-corrected chi connectivity index (χ3v) is 7.73. The third-order valence-electron chi connectivity index (χ3n) is 7.73. The maximum atomic E-state index is 14.3. The van der Waals surface area contributed by atoms with Gasteiger partial charge in [0, 0.05) is 50.1 Å². The first-order valence-electron chi connectivity index (χ1n) is 13.0. The van der Waals surface area contributed by atoms with Gasteiger partial charge in [-0.25, -0.2) is 4.39 Å². The van der Waals surface area contributed by atoms with E-state index in [0.717, 1.165) is 24.6 Å². The van der Waals surface area contributed by atoms with E-state index in [1.54, 1.807) is 6.07 Å². The number of aromatic nitrogens is 1. The van der Waals surface area contributed by atoms with Crippen LogP contribution in [-0.2, 0) is 10.9 Å². The highest BCUT2D eigenvalue weighted by atomic mass is 19.4. The molecule has 41 heavy (non-hydrogen) atoms. The number of carbonyl (C=O) groups is 2. The van der Waals surface area contributed by atoms with Gasteiger partial charge in [0.1, 0.15) is 5.82 Å². The summed E-state index contributed by atoms with van der Waals surface area (Å²) in [5.74, 6) is -2.01. The maximum absolute atomic E-state index is 14.3. The zero-order chi connectivity index (χ0) is 29.1. The molecule has 2 bridgehead atoms. The SMILES string of the molecule is N#Cc1cc(C(=O)N2CC3CC(C2)O3)c(N2CC[C@@H](NC(=O)c3cc(=O)[nH]c4c(F)cccc34)C2)c(C(F)(F)F)c1. The van der Waals surface area contributed by atoms with Crippen LogP contribution in [0.4, 0.5) is 23.2 Å². The monoisotopic (exact) mass is 569 g/mol. The van der Waals surface area contributed by atoms with Crippen molar-refractivity contribution in [3.05, 3.63) is 74.8 Å². The number of hydrogen-bond acceptors (Lipinski definition) is 6. The number of carbonyl (C=O) groups excluding carboxylic acids is 2. The lowest BCUT2D eigenvalue weighted by atomic mass is 9.96. The van der Waals surface area contributed by atoms with Crippen molar-refractivity contribution in [2.45, 2.75) is 37.3 Å². The normalized spacial score (nSPS) is 21.9. The van der Waals surface area contributed by atoms with E-state index in [4.69, 9.17) is 4.74 Å².